The van der Waals surface area contributed by atoms with Crippen LogP contribution in [0.15, 0.2) is 60.8 Å². The van der Waals surface area contributed by atoms with E-state index in [0.717, 1.165) is 83.5 Å². The van der Waals surface area contributed by atoms with Crippen molar-refractivity contribution in [3.63, 3.8) is 0 Å². The van der Waals surface area contributed by atoms with Crippen LogP contribution in [0.4, 0.5) is 0 Å². The molecular weight excluding hydrogens is 997 g/mol. The molecule has 0 bridgehead atoms. The summed E-state index contributed by atoms with van der Waals surface area (Å²) in [6.07, 6.45) is 89.6. The van der Waals surface area contributed by atoms with Crippen molar-refractivity contribution in [2.24, 2.45) is 0 Å². The maximum atomic E-state index is 13.0. The van der Waals surface area contributed by atoms with Gasteiger partial charge in [-0.15, -0.1) is 0 Å². The summed E-state index contributed by atoms with van der Waals surface area (Å²) >= 11 is 0. The van der Waals surface area contributed by atoms with Crippen LogP contribution < -0.4 is 0 Å². The number of unbranched alkanes of at least 4 members (excludes halogenated alkanes) is 45. The molecule has 0 aliphatic carbocycles. The van der Waals surface area contributed by atoms with E-state index in [1.54, 1.807) is 0 Å². The monoisotopic (exact) mass is 1130 g/mol. The highest BCUT2D eigenvalue weighted by Crippen LogP contribution is 2.18. The molecular formula is C75H136O6. The second-order valence-corrected chi connectivity index (χ2v) is 24.1. The standard InChI is InChI=1S/C75H136O6/c1-4-7-10-13-16-19-22-25-27-29-31-33-35-36-37-38-40-41-43-45-47-50-53-56-59-62-65-68-74(77)80-71-72(70-79-73(76)67-64-61-58-55-52-49-24-21-18-15-12-9-6-3)81-75(78)69-66-63-60-57-54-51-48-46-44-42-39-34-32-30-28-26-23-20-17-14-11-8-5-2/h22-23,25-26,29-32,39,42,72H,4-21,24,27-28,33-38,40-41,43-71H2,1-3H3/b25-22-,26-23-,31-29-,32-30-,42-39-. The number of hydrogen-bond acceptors (Lipinski definition) is 6. The van der Waals surface area contributed by atoms with E-state index in [4.69, 9.17) is 14.2 Å². The van der Waals surface area contributed by atoms with Gasteiger partial charge in [0.05, 0.1) is 0 Å². The van der Waals surface area contributed by atoms with Gasteiger partial charge in [-0.1, -0.05) is 332 Å². The summed E-state index contributed by atoms with van der Waals surface area (Å²) in [6.45, 7) is 6.67. The fraction of sp³-hybridized carbons (Fsp3) is 0.827. The first-order valence-electron chi connectivity index (χ1n) is 35.8. The first-order chi connectivity index (χ1) is 40.0. The summed E-state index contributed by atoms with van der Waals surface area (Å²) in [7, 11) is 0. The van der Waals surface area contributed by atoms with Crippen LogP contribution >= 0.6 is 0 Å². The lowest BCUT2D eigenvalue weighted by Crippen LogP contribution is -2.30. The van der Waals surface area contributed by atoms with Crippen LogP contribution in [0.25, 0.3) is 0 Å². The Morgan fingerprint density at radius 1 is 0.247 bits per heavy atom. The molecule has 81 heavy (non-hydrogen) atoms. The quantitative estimate of drug-likeness (QED) is 0.0261. The van der Waals surface area contributed by atoms with Gasteiger partial charge in [0, 0.05) is 19.3 Å². The average Bonchev–Trinajstić information content (AvgIpc) is 3.46. The fourth-order valence-corrected chi connectivity index (χ4v) is 10.6. The van der Waals surface area contributed by atoms with E-state index < -0.39 is 6.10 Å². The van der Waals surface area contributed by atoms with Crippen LogP contribution in [0.3, 0.4) is 0 Å². The molecule has 6 nitrogen and oxygen atoms in total. The van der Waals surface area contributed by atoms with Crippen LogP contribution in [-0.4, -0.2) is 37.2 Å². The Kier molecular flexibility index (Phi) is 67.1. The number of carbonyl (C=O) groups excluding carboxylic acids is 3. The van der Waals surface area contributed by atoms with Gasteiger partial charge in [0.1, 0.15) is 13.2 Å². The van der Waals surface area contributed by atoms with E-state index in [-0.39, 0.29) is 31.1 Å². The molecule has 0 fully saturated rings. The van der Waals surface area contributed by atoms with E-state index in [2.05, 4.69) is 81.5 Å². The van der Waals surface area contributed by atoms with E-state index in [1.165, 1.54) is 257 Å². The minimum absolute atomic E-state index is 0.0728. The summed E-state index contributed by atoms with van der Waals surface area (Å²) in [6, 6.07) is 0. The molecule has 0 aromatic heterocycles. The molecule has 1 unspecified atom stereocenters. The molecule has 0 saturated heterocycles. The third-order valence-electron chi connectivity index (χ3n) is 16.0. The molecule has 0 amide bonds. The number of allylic oxidation sites excluding steroid dienone is 10. The van der Waals surface area contributed by atoms with Gasteiger partial charge >= 0.3 is 17.9 Å². The van der Waals surface area contributed by atoms with Crippen LogP contribution in [0.1, 0.15) is 380 Å². The van der Waals surface area contributed by atoms with Crippen LogP contribution in [0.2, 0.25) is 0 Å². The zero-order valence-corrected chi connectivity index (χ0v) is 54.3. The van der Waals surface area contributed by atoms with Gasteiger partial charge in [-0.2, -0.15) is 0 Å². The molecule has 6 heteroatoms. The molecule has 0 aliphatic rings. The van der Waals surface area contributed by atoms with Gasteiger partial charge in [0.15, 0.2) is 6.10 Å². The van der Waals surface area contributed by atoms with Crippen molar-refractivity contribution in [3.8, 4) is 0 Å². The van der Waals surface area contributed by atoms with Crippen LogP contribution in [0, 0.1) is 0 Å². The van der Waals surface area contributed by atoms with Crippen LogP contribution in [0.5, 0.6) is 0 Å². The molecule has 0 aliphatic heterocycles. The van der Waals surface area contributed by atoms with Gasteiger partial charge < -0.3 is 14.2 Å². The average molecular weight is 1130 g/mol. The highest BCUT2D eigenvalue weighted by molar-refractivity contribution is 5.71. The molecule has 0 N–H and O–H groups in total. The van der Waals surface area contributed by atoms with Crippen molar-refractivity contribution >= 4 is 17.9 Å². The fourth-order valence-electron chi connectivity index (χ4n) is 10.6. The first-order valence-corrected chi connectivity index (χ1v) is 35.8. The minimum Gasteiger partial charge on any atom is -0.462 e. The summed E-state index contributed by atoms with van der Waals surface area (Å²) in [5.41, 5.74) is 0. The molecule has 0 rings (SSSR count). The van der Waals surface area contributed by atoms with E-state index in [9.17, 15) is 14.4 Å². The number of ether oxygens (including phenoxy) is 3. The van der Waals surface area contributed by atoms with Crippen molar-refractivity contribution < 1.29 is 28.6 Å². The summed E-state index contributed by atoms with van der Waals surface area (Å²) in [5, 5.41) is 0. The molecule has 472 valence electrons. The Balaban J connectivity index is 4.26. The molecule has 1 atom stereocenters. The topological polar surface area (TPSA) is 78.9 Å². The predicted molar refractivity (Wildman–Crippen MR) is 353 cm³/mol. The maximum Gasteiger partial charge on any atom is 0.306 e. The molecule has 0 aromatic carbocycles. The molecule has 0 spiro atoms. The van der Waals surface area contributed by atoms with Crippen molar-refractivity contribution in [1.29, 1.82) is 0 Å². The van der Waals surface area contributed by atoms with E-state index in [1.807, 2.05) is 0 Å². The largest absolute Gasteiger partial charge is 0.462 e. The molecule has 0 heterocycles. The van der Waals surface area contributed by atoms with Crippen molar-refractivity contribution in [1.82, 2.24) is 0 Å². The van der Waals surface area contributed by atoms with Crippen LogP contribution in [-0.2, 0) is 28.6 Å². The van der Waals surface area contributed by atoms with Gasteiger partial charge in [-0.3, -0.25) is 14.4 Å². The van der Waals surface area contributed by atoms with Crippen molar-refractivity contribution in [3.05, 3.63) is 60.8 Å². The van der Waals surface area contributed by atoms with E-state index >= 15 is 0 Å². The third kappa shape index (κ3) is 67.8. The third-order valence-corrected chi connectivity index (χ3v) is 16.0. The Hall–Kier alpha value is -2.89. The highest BCUT2D eigenvalue weighted by Gasteiger charge is 2.19. The number of rotatable bonds is 66. The summed E-state index contributed by atoms with van der Waals surface area (Å²) < 4.78 is 17.0. The van der Waals surface area contributed by atoms with Crippen molar-refractivity contribution in [2.45, 2.75) is 386 Å². The SMILES string of the molecule is CCCCCCC/C=C\C/C=C\C/C=C\CCCCCCCCCCC(=O)OC(COC(=O)CCCCCCCCCCCCCCC)COC(=O)CCCCCCCCCCCCCCCCC/C=C\C/C=C\CCCCCCC. The smallest absolute Gasteiger partial charge is 0.306 e. The van der Waals surface area contributed by atoms with Gasteiger partial charge in [-0.05, 0) is 89.9 Å². The van der Waals surface area contributed by atoms with Gasteiger partial charge in [-0.25, -0.2) is 0 Å². The highest BCUT2D eigenvalue weighted by atomic mass is 16.6. The molecule has 0 saturated carbocycles. The lowest BCUT2D eigenvalue weighted by molar-refractivity contribution is -0.167. The van der Waals surface area contributed by atoms with Gasteiger partial charge in [0.2, 0.25) is 0 Å². The summed E-state index contributed by atoms with van der Waals surface area (Å²) in [4.78, 5) is 38.4. The molecule has 0 aromatic rings. The lowest BCUT2D eigenvalue weighted by atomic mass is 10.0. The van der Waals surface area contributed by atoms with Crippen molar-refractivity contribution in [2.75, 3.05) is 13.2 Å². The van der Waals surface area contributed by atoms with Gasteiger partial charge in [0.25, 0.3) is 0 Å². The number of hydrogen-bond donors (Lipinski definition) is 0. The first kappa shape index (κ1) is 78.1. The second kappa shape index (κ2) is 69.6. The Labute approximate surface area is 504 Å². The number of esters is 3. The Morgan fingerprint density at radius 3 is 0.691 bits per heavy atom. The normalized spacial score (nSPS) is 12.4. The number of carbonyl (C=O) groups is 3. The Bertz CT molecular complexity index is 1440. The maximum absolute atomic E-state index is 13.0. The van der Waals surface area contributed by atoms with E-state index in [0.29, 0.717) is 19.3 Å². The predicted octanol–water partition coefficient (Wildman–Crippen LogP) is 24.7. The second-order valence-electron chi connectivity index (χ2n) is 24.1. The minimum atomic E-state index is -0.777. The molecule has 0 radical (unpaired) electrons. The zero-order valence-electron chi connectivity index (χ0n) is 54.3. The zero-order chi connectivity index (χ0) is 58.5. The lowest BCUT2D eigenvalue weighted by Gasteiger charge is -2.18. The Morgan fingerprint density at radius 2 is 0.444 bits per heavy atom. The summed E-state index contributed by atoms with van der Waals surface area (Å²) in [5.74, 6) is -0.856.